The minimum absolute atomic E-state index is 0.0724. The number of hydrogen-bond acceptors (Lipinski definition) is 4. The molecule has 18 heavy (non-hydrogen) atoms. The summed E-state index contributed by atoms with van der Waals surface area (Å²) in [7, 11) is 3.61. The van der Waals surface area contributed by atoms with E-state index in [1.807, 2.05) is 4.90 Å². The van der Waals surface area contributed by atoms with Gasteiger partial charge in [0.2, 0.25) is 5.91 Å². The van der Waals surface area contributed by atoms with E-state index in [2.05, 4.69) is 5.10 Å². The maximum Gasteiger partial charge on any atom is 0.241 e. The van der Waals surface area contributed by atoms with Crippen LogP contribution in [0.3, 0.4) is 0 Å². The van der Waals surface area contributed by atoms with Crippen LogP contribution in [0.4, 0.5) is 5.82 Å². The number of aromatic nitrogens is 2. The lowest BCUT2D eigenvalue weighted by Gasteiger charge is -2.22. The third-order valence-corrected chi connectivity index (χ3v) is 3.33. The molecule has 0 radical (unpaired) electrons. The lowest BCUT2D eigenvalue weighted by atomic mass is 10.2. The summed E-state index contributed by atoms with van der Waals surface area (Å²) in [5.41, 5.74) is 1.28. The molecule has 1 fully saturated rings. The Morgan fingerprint density at radius 3 is 2.67 bits per heavy atom. The molecule has 6 heteroatoms. The minimum Gasteiger partial charge on any atom is -0.347 e. The number of carbonyl (C=O) groups excluding carboxylic acids is 2. The van der Waals surface area contributed by atoms with Crippen LogP contribution in [-0.4, -0.2) is 53.6 Å². The van der Waals surface area contributed by atoms with Gasteiger partial charge in [0.1, 0.15) is 5.82 Å². The number of rotatable bonds is 2. The van der Waals surface area contributed by atoms with E-state index in [1.165, 1.54) is 0 Å². The molecule has 2 heterocycles. The molecule has 1 aromatic heterocycles. The second kappa shape index (κ2) is 4.80. The molecule has 0 aromatic carbocycles. The molecule has 1 amide bonds. The predicted molar refractivity (Wildman–Crippen MR) is 67.8 cm³/mol. The van der Waals surface area contributed by atoms with Crippen molar-refractivity contribution in [3.8, 4) is 0 Å². The Kier molecular flexibility index (Phi) is 3.36. The zero-order valence-electron chi connectivity index (χ0n) is 11.0. The highest BCUT2D eigenvalue weighted by molar-refractivity contribution is 5.87. The summed E-state index contributed by atoms with van der Waals surface area (Å²) >= 11 is 0. The van der Waals surface area contributed by atoms with E-state index in [9.17, 15) is 9.59 Å². The van der Waals surface area contributed by atoms with Crippen LogP contribution in [0.1, 0.15) is 22.5 Å². The molecule has 1 saturated heterocycles. The van der Waals surface area contributed by atoms with Gasteiger partial charge in [0.15, 0.2) is 6.29 Å². The van der Waals surface area contributed by atoms with Crippen molar-refractivity contribution in [3.05, 3.63) is 11.3 Å². The second-order valence-corrected chi connectivity index (χ2v) is 4.65. The summed E-state index contributed by atoms with van der Waals surface area (Å²) in [6.07, 6.45) is 1.71. The second-order valence-electron chi connectivity index (χ2n) is 4.65. The predicted octanol–water partition coefficient (Wildman–Crippen LogP) is 0.210. The molecule has 0 bridgehead atoms. The van der Waals surface area contributed by atoms with Crippen molar-refractivity contribution in [1.29, 1.82) is 0 Å². The molecular weight excluding hydrogens is 232 g/mol. The lowest BCUT2D eigenvalue weighted by molar-refractivity contribution is -0.127. The number of hydrogen-bond donors (Lipinski definition) is 0. The van der Waals surface area contributed by atoms with Gasteiger partial charge in [-0.3, -0.25) is 14.3 Å². The third-order valence-electron chi connectivity index (χ3n) is 3.33. The highest BCUT2D eigenvalue weighted by Crippen LogP contribution is 2.22. The van der Waals surface area contributed by atoms with Gasteiger partial charge in [-0.05, 0) is 13.3 Å². The summed E-state index contributed by atoms with van der Waals surface area (Å²) < 4.78 is 1.68. The third kappa shape index (κ3) is 2.10. The SMILES string of the molecule is Cc1nn(C)c(N2CCCN(C)C(=O)C2)c1C=O. The van der Waals surface area contributed by atoms with Gasteiger partial charge in [-0.25, -0.2) is 0 Å². The summed E-state index contributed by atoms with van der Waals surface area (Å²) in [6.45, 7) is 3.62. The Bertz CT molecular complexity index is 481. The van der Waals surface area contributed by atoms with E-state index in [-0.39, 0.29) is 5.91 Å². The van der Waals surface area contributed by atoms with E-state index < -0.39 is 0 Å². The van der Waals surface area contributed by atoms with E-state index in [0.29, 0.717) is 17.8 Å². The first kappa shape index (κ1) is 12.6. The average Bonchev–Trinajstić information content (AvgIpc) is 2.50. The van der Waals surface area contributed by atoms with Gasteiger partial charge >= 0.3 is 0 Å². The molecular formula is C12H18N4O2. The van der Waals surface area contributed by atoms with E-state index >= 15 is 0 Å². The summed E-state index contributed by atoms with van der Waals surface area (Å²) in [6, 6.07) is 0. The van der Waals surface area contributed by atoms with Crippen molar-refractivity contribution in [3.63, 3.8) is 0 Å². The summed E-state index contributed by atoms with van der Waals surface area (Å²) in [4.78, 5) is 26.7. The zero-order valence-corrected chi connectivity index (χ0v) is 11.0. The van der Waals surface area contributed by atoms with Crippen LogP contribution in [0, 0.1) is 6.92 Å². The molecule has 2 rings (SSSR count). The van der Waals surface area contributed by atoms with Gasteiger partial charge in [-0.15, -0.1) is 0 Å². The van der Waals surface area contributed by atoms with Gasteiger partial charge in [0.25, 0.3) is 0 Å². The summed E-state index contributed by atoms with van der Waals surface area (Å²) in [5, 5.41) is 4.25. The number of nitrogens with zero attached hydrogens (tertiary/aromatic N) is 4. The minimum atomic E-state index is 0.0724. The topological polar surface area (TPSA) is 58.4 Å². The maximum atomic E-state index is 11.9. The number of carbonyl (C=O) groups is 2. The van der Waals surface area contributed by atoms with Gasteiger partial charge in [0, 0.05) is 27.2 Å². The van der Waals surface area contributed by atoms with Crippen molar-refractivity contribution < 1.29 is 9.59 Å². The zero-order chi connectivity index (χ0) is 13.3. The first-order chi connectivity index (χ1) is 8.54. The number of likely N-dealkylation sites (N-methyl/N-ethyl adjacent to an activating group) is 1. The van der Waals surface area contributed by atoms with Crippen LogP contribution in [0.15, 0.2) is 0 Å². The van der Waals surface area contributed by atoms with Crippen LogP contribution in [0.5, 0.6) is 0 Å². The van der Waals surface area contributed by atoms with E-state index in [4.69, 9.17) is 0 Å². The standard InChI is InChI=1S/C12H18N4O2/c1-9-10(8-17)12(15(3)13-9)16-6-4-5-14(2)11(18)7-16/h8H,4-7H2,1-3H3. The first-order valence-electron chi connectivity index (χ1n) is 6.02. The van der Waals surface area contributed by atoms with Gasteiger partial charge in [-0.2, -0.15) is 5.10 Å². The molecule has 0 unspecified atom stereocenters. The molecule has 1 aromatic rings. The quantitative estimate of drug-likeness (QED) is 0.704. The van der Waals surface area contributed by atoms with Crippen LogP contribution < -0.4 is 4.90 Å². The fraction of sp³-hybridized carbons (Fsp3) is 0.583. The molecule has 6 nitrogen and oxygen atoms in total. The molecule has 1 aliphatic heterocycles. The van der Waals surface area contributed by atoms with Crippen molar-refractivity contribution >= 4 is 18.0 Å². The smallest absolute Gasteiger partial charge is 0.241 e. The molecule has 0 N–H and O–H groups in total. The van der Waals surface area contributed by atoms with Crippen molar-refractivity contribution in [1.82, 2.24) is 14.7 Å². The fourth-order valence-electron chi connectivity index (χ4n) is 2.34. The lowest BCUT2D eigenvalue weighted by Crippen LogP contribution is -2.35. The number of aryl methyl sites for hydroxylation is 2. The molecule has 0 atom stereocenters. The summed E-state index contributed by atoms with van der Waals surface area (Å²) in [5.74, 6) is 0.814. The number of aldehydes is 1. The van der Waals surface area contributed by atoms with Crippen molar-refractivity contribution in [2.24, 2.45) is 7.05 Å². The Balaban J connectivity index is 2.36. The Morgan fingerprint density at radius 2 is 2.00 bits per heavy atom. The monoisotopic (exact) mass is 250 g/mol. The van der Waals surface area contributed by atoms with Crippen LogP contribution >= 0.6 is 0 Å². The fourth-order valence-corrected chi connectivity index (χ4v) is 2.34. The maximum absolute atomic E-state index is 11.9. The molecule has 1 aliphatic rings. The number of amides is 1. The molecule has 0 aliphatic carbocycles. The molecule has 98 valence electrons. The van der Waals surface area contributed by atoms with Gasteiger partial charge in [-0.1, -0.05) is 0 Å². The molecule has 0 saturated carbocycles. The van der Waals surface area contributed by atoms with Gasteiger partial charge in [0.05, 0.1) is 17.8 Å². The van der Waals surface area contributed by atoms with Gasteiger partial charge < -0.3 is 9.80 Å². The molecule has 0 spiro atoms. The Hall–Kier alpha value is -1.85. The van der Waals surface area contributed by atoms with E-state index in [1.54, 1.807) is 30.6 Å². The van der Waals surface area contributed by atoms with Crippen LogP contribution in [-0.2, 0) is 11.8 Å². The van der Waals surface area contributed by atoms with Crippen LogP contribution in [0.25, 0.3) is 0 Å². The van der Waals surface area contributed by atoms with E-state index in [0.717, 1.165) is 31.6 Å². The highest BCUT2D eigenvalue weighted by atomic mass is 16.2. The first-order valence-corrected chi connectivity index (χ1v) is 6.02. The highest BCUT2D eigenvalue weighted by Gasteiger charge is 2.24. The Morgan fingerprint density at radius 1 is 1.28 bits per heavy atom. The average molecular weight is 250 g/mol. The largest absolute Gasteiger partial charge is 0.347 e. The Labute approximate surface area is 106 Å². The normalized spacial score (nSPS) is 16.9. The van der Waals surface area contributed by atoms with Crippen LogP contribution in [0.2, 0.25) is 0 Å². The van der Waals surface area contributed by atoms with Crippen molar-refractivity contribution in [2.75, 3.05) is 31.6 Å². The number of anilines is 1. The van der Waals surface area contributed by atoms with Crippen molar-refractivity contribution in [2.45, 2.75) is 13.3 Å².